The molecule has 4 aromatic rings. The van der Waals surface area contributed by atoms with E-state index in [2.05, 4.69) is 17.3 Å². The molecule has 0 aromatic heterocycles. The third-order valence-corrected chi connectivity index (χ3v) is 8.71. The van der Waals surface area contributed by atoms with E-state index < -0.39 is 0 Å². The Kier molecular flexibility index (Phi) is 8.06. The van der Waals surface area contributed by atoms with Gasteiger partial charge < -0.3 is 34.8 Å². The number of aromatic hydroxyl groups is 3. The minimum absolute atomic E-state index is 0.0683. The summed E-state index contributed by atoms with van der Waals surface area (Å²) in [6.45, 7) is 1.76. The lowest BCUT2D eigenvalue weighted by atomic mass is 9.88. The van der Waals surface area contributed by atoms with Crippen molar-refractivity contribution in [2.45, 2.75) is 37.8 Å². The fourth-order valence-corrected chi connectivity index (χ4v) is 6.32. The number of phenols is 3. The second kappa shape index (κ2) is 12.1. The van der Waals surface area contributed by atoms with E-state index in [-0.39, 0.29) is 29.3 Å². The lowest BCUT2D eigenvalue weighted by Crippen LogP contribution is -2.33. The molecule has 0 amide bonds. The van der Waals surface area contributed by atoms with Gasteiger partial charge >= 0.3 is 0 Å². The van der Waals surface area contributed by atoms with Crippen molar-refractivity contribution in [2.24, 2.45) is 0 Å². The quantitative estimate of drug-likeness (QED) is 0.206. The van der Waals surface area contributed by atoms with Crippen molar-refractivity contribution in [1.82, 2.24) is 10.2 Å². The highest BCUT2D eigenvalue weighted by Gasteiger charge is 2.27. The molecule has 4 aromatic carbocycles. The van der Waals surface area contributed by atoms with E-state index in [1.807, 2.05) is 60.7 Å². The first kappa shape index (κ1) is 28.7. The zero-order valence-electron chi connectivity index (χ0n) is 24.8. The number of likely N-dealkylation sites (N-methyl/N-ethyl adjacent to an activating group) is 1. The Labute approximate surface area is 252 Å². The third kappa shape index (κ3) is 5.94. The van der Waals surface area contributed by atoms with Crippen LogP contribution in [-0.4, -0.2) is 54.6 Å². The van der Waals surface area contributed by atoms with Gasteiger partial charge in [0.05, 0.1) is 14.2 Å². The largest absolute Gasteiger partial charge is 0.504 e. The standard InChI is InChI=1S/C35H38N2O6/c1-37-13-11-24-18-34(42-3)32(40)20-27(24)29(37)15-22-6-9-30(38)35(16-22)43-25-7-4-21(5-8-25)14-28-26-19-31(39)33(41-2)17-23(26)10-12-36-28/h4-9,16-20,28-29,36,38-40H,10-15H2,1-3H3/t28-,29+/m0/s1. The van der Waals surface area contributed by atoms with Gasteiger partial charge in [-0.15, -0.1) is 0 Å². The fourth-order valence-electron chi connectivity index (χ4n) is 6.32. The zero-order chi connectivity index (χ0) is 30.1. The average molecular weight is 583 g/mol. The maximum Gasteiger partial charge on any atom is 0.169 e. The molecule has 8 heteroatoms. The van der Waals surface area contributed by atoms with Crippen LogP contribution in [0.5, 0.6) is 40.2 Å². The number of benzene rings is 4. The van der Waals surface area contributed by atoms with Gasteiger partial charge in [0.1, 0.15) is 5.75 Å². The Balaban J connectivity index is 1.16. The van der Waals surface area contributed by atoms with E-state index in [0.29, 0.717) is 29.4 Å². The predicted octanol–water partition coefficient (Wildman–Crippen LogP) is 5.81. The van der Waals surface area contributed by atoms with Crippen LogP contribution in [0.3, 0.4) is 0 Å². The number of fused-ring (bicyclic) bond motifs is 2. The van der Waals surface area contributed by atoms with Crippen LogP contribution in [0.2, 0.25) is 0 Å². The molecule has 0 fully saturated rings. The number of nitrogens with zero attached hydrogens (tertiary/aromatic N) is 1. The molecule has 0 unspecified atom stereocenters. The van der Waals surface area contributed by atoms with Crippen molar-refractivity contribution < 1.29 is 29.5 Å². The average Bonchev–Trinajstić information content (AvgIpc) is 3.01. The van der Waals surface area contributed by atoms with Gasteiger partial charge in [-0.3, -0.25) is 4.90 Å². The van der Waals surface area contributed by atoms with Crippen LogP contribution in [0.15, 0.2) is 66.7 Å². The SMILES string of the molecule is COc1cc2c(cc1O)[C@H](Cc1ccc(Oc3cc(C[C@@H]4c5cc(O)c(OC)cc5CCN4C)ccc3O)cc1)NCC2. The highest BCUT2D eigenvalue weighted by molar-refractivity contribution is 5.51. The Bertz CT molecular complexity index is 1620. The molecule has 0 saturated heterocycles. The molecule has 2 aliphatic heterocycles. The number of methoxy groups -OCH3 is 2. The van der Waals surface area contributed by atoms with Crippen molar-refractivity contribution in [3.05, 3.63) is 100 Å². The van der Waals surface area contributed by atoms with Gasteiger partial charge in [-0.05, 0) is 121 Å². The zero-order valence-corrected chi connectivity index (χ0v) is 24.8. The molecular formula is C35H38N2O6. The summed E-state index contributed by atoms with van der Waals surface area (Å²) in [4.78, 5) is 2.29. The molecule has 0 saturated carbocycles. The van der Waals surface area contributed by atoms with Gasteiger partial charge in [-0.25, -0.2) is 0 Å². The molecule has 2 atom stereocenters. The van der Waals surface area contributed by atoms with E-state index >= 15 is 0 Å². The molecular weight excluding hydrogens is 544 g/mol. The molecule has 0 radical (unpaired) electrons. The first-order valence-corrected chi connectivity index (χ1v) is 14.6. The van der Waals surface area contributed by atoms with Crippen LogP contribution >= 0.6 is 0 Å². The van der Waals surface area contributed by atoms with Crippen molar-refractivity contribution in [1.29, 1.82) is 0 Å². The number of rotatable bonds is 8. The molecule has 2 heterocycles. The highest BCUT2D eigenvalue weighted by Crippen LogP contribution is 2.40. The molecule has 224 valence electrons. The Morgan fingerprint density at radius 2 is 1.37 bits per heavy atom. The van der Waals surface area contributed by atoms with E-state index in [9.17, 15) is 15.3 Å². The van der Waals surface area contributed by atoms with Crippen LogP contribution < -0.4 is 19.5 Å². The maximum absolute atomic E-state index is 10.6. The second-order valence-corrected chi connectivity index (χ2v) is 11.4. The molecule has 4 N–H and O–H groups in total. The van der Waals surface area contributed by atoms with Gasteiger partial charge in [-0.2, -0.15) is 0 Å². The highest BCUT2D eigenvalue weighted by atomic mass is 16.5. The van der Waals surface area contributed by atoms with E-state index in [1.165, 1.54) is 11.1 Å². The first-order chi connectivity index (χ1) is 20.8. The van der Waals surface area contributed by atoms with Crippen LogP contribution in [0.1, 0.15) is 45.5 Å². The Hall–Kier alpha value is -4.40. The summed E-state index contributed by atoms with van der Waals surface area (Å²) in [6, 6.07) is 21.0. The third-order valence-electron chi connectivity index (χ3n) is 8.71. The number of hydrogen-bond donors (Lipinski definition) is 4. The number of hydrogen-bond acceptors (Lipinski definition) is 8. The lowest BCUT2D eigenvalue weighted by molar-refractivity contribution is 0.228. The summed E-state index contributed by atoms with van der Waals surface area (Å²) < 4.78 is 16.8. The summed E-state index contributed by atoms with van der Waals surface area (Å²) >= 11 is 0. The van der Waals surface area contributed by atoms with Gasteiger partial charge in [0.15, 0.2) is 34.5 Å². The molecule has 8 nitrogen and oxygen atoms in total. The Morgan fingerprint density at radius 3 is 2.07 bits per heavy atom. The molecule has 43 heavy (non-hydrogen) atoms. The molecule has 0 bridgehead atoms. The smallest absolute Gasteiger partial charge is 0.169 e. The van der Waals surface area contributed by atoms with E-state index in [1.54, 1.807) is 20.3 Å². The Morgan fingerprint density at radius 1 is 0.721 bits per heavy atom. The van der Waals surface area contributed by atoms with Gasteiger partial charge in [0.2, 0.25) is 0 Å². The van der Waals surface area contributed by atoms with Crippen molar-refractivity contribution in [3.63, 3.8) is 0 Å². The summed E-state index contributed by atoms with van der Waals surface area (Å²) in [5.41, 5.74) is 6.69. The number of phenolic OH excluding ortho intramolecular Hbond substituents is 3. The van der Waals surface area contributed by atoms with Crippen molar-refractivity contribution in [3.8, 4) is 40.2 Å². The molecule has 6 rings (SSSR count). The molecule has 2 aliphatic rings. The summed E-state index contributed by atoms with van der Waals surface area (Å²) in [7, 11) is 5.23. The predicted molar refractivity (Wildman–Crippen MR) is 165 cm³/mol. The number of ether oxygens (including phenoxy) is 3. The maximum atomic E-state index is 10.6. The minimum atomic E-state index is 0.0683. The lowest BCUT2D eigenvalue weighted by Gasteiger charge is -2.35. The number of nitrogens with one attached hydrogen (secondary N) is 1. The van der Waals surface area contributed by atoms with Crippen LogP contribution in [0.25, 0.3) is 0 Å². The molecule has 0 aliphatic carbocycles. The summed E-state index contributed by atoms with van der Waals surface area (Å²) in [5.74, 6) is 2.39. The minimum Gasteiger partial charge on any atom is -0.504 e. The summed E-state index contributed by atoms with van der Waals surface area (Å²) in [6.07, 6.45) is 3.23. The summed E-state index contributed by atoms with van der Waals surface area (Å²) in [5, 5.41) is 35.0. The fraction of sp³-hybridized carbons (Fsp3) is 0.314. The van der Waals surface area contributed by atoms with Crippen LogP contribution in [-0.2, 0) is 25.7 Å². The topological polar surface area (TPSA) is 104 Å². The van der Waals surface area contributed by atoms with Crippen molar-refractivity contribution in [2.75, 3.05) is 34.4 Å². The first-order valence-electron chi connectivity index (χ1n) is 14.6. The van der Waals surface area contributed by atoms with Gasteiger partial charge in [0.25, 0.3) is 0 Å². The van der Waals surface area contributed by atoms with E-state index in [0.717, 1.165) is 54.6 Å². The van der Waals surface area contributed by atoms with E-state index in [4.69, 9.17) is 14.2 Å². The second-order valence-electron chi connectivity index (χ2n) is 11.4. The normalized spacial score (nSPS) is 18.0. The van der Waals surface area contributed by atoms with Crippen LogP contribution in [0.4, 0.5) is 0 Å². The van der Waals surface area contributed by atoms with Gasteiger partial charge in [-0.1, -0.05) is 18.2 Å². The van der Waals surface area contributed by atoms with Crippen molar-refractivity contribution >= 4 is 0 Å². The molecule has 0 spiro atoms. The monoisotopic (exact) mass is 582 g/mol. The van der Waals surface area contributed by atoms with Gasteiger partial charge in [0, 0.05) is 18.6 Å². The van der Waals surface area contributed by atoms with Crippen LogP contribution in [0, 0.1) is 0 Å².